The Balaban J connectivity index is 2.63. The Labute approximate surface area is 97.3 Å². The summed E-state index contributed by atoms with van der Waals surface area (Å²) < 4.78 is 5.65. The zero-order valence-electron chi connectivity index (χ0n) is 9.35. The summed E-state index contributed by atoms with van der Waals surface area (Å²) in [5.41, 5.74) is 0.936. The van der Waals surface area contributed by atoms with Gasteiger partial charge in [-0.05, 0) is 6.07 Å². The first-order valence-electron chi connectivity index (χ1n) is 4.97. The molecule has 0 atom stereocenters. The van der Waals surface area contributed by atoms with Gasteiger partial charge in [0.25, 0.3) is 0 Å². The van der Waals surface area contributed by atoms with E-state index < -0.39 is 5.97 Å². The molecule has 84 valence electrons. The van der Waals surface area contributed by atoms with Gasteiger partial charge in [-0.25, -0.2) is 14.8 Å². The van der Waals surface area contributed by atoms with Crippen molar-refractivity contribution in [2.24, 2.45) is 0 Å². The van der Waals surface area contributed by atoms with Crippen LogP contribution in [0.4, 0.5) is 0 Å². The van der Waals surface area contributed by atoms with E-state index in [2.05, 4.69) is 28.6 Å². The van der Waals surface area contributed by atoms with Gasteiger partial charge in [0.05, 0.1) is 16.8 Å². The zero-order valence-corrected chi connectivity index (χ0v) is 10.2. The minimum Gasteiger partial charge on any atom is -0.464 e. The second kappa shape index (κ2) is 4.17. The van der Waals surface area contributed by atoms with Crippen LogP contribution in [0.3, 0.4) is 0 Å². The molecule has 0 aliphatic heterocycles. The minimum absolute atomic E-state index is 0.295. The predicted molar refractivity (Wildman–Crippen MR) is 62.8 cm³/mol. The quantitative estimate of drug-likeness (QED) is 0.752. The molecule has 0 N–H and O–H groups in total. The van der Waals surface area contributed by atoms with Crippen LogP contribution in [0.1, 0.15) is 35.3 Å². The summed E-state index contributed by atoms with van der Waals surface area (Å²) in [6.07, 6.45) is 1.61. The molecule has 0 saturated carbocycles. The molecule has 0 saturated heterocycles. The third-order valence-electron chi connectivity index (χ3n) is 2.20. The number of rotatable bonds is 2. The number of aromatic nitrogens is 2. The average Bonchev–Trinajstić information content (AvgIpc) is 2.71. The van der Waals surface area contributed by atoms with Gasteiger partial charge in [-0.2, -0.15) is 0 Å². The van der Waals surface area contributed by atoms with Crippen molar-refractivity contribution >= 4 is 27.5 Å². The Hall–Kier alpha value is -1.49. The molecule has 0 bridgehead atoms. The molecule has 0 fully saturated rings. The molecular formula is C11H12N2O2S. The van der Waals surface area contributed by atoms with Crippen molar-refractivity contribution in [2.75, 3.05) is 7.11 Å². The Bertz CT molecular complexity index is 534. The molecule has 2 heterocycles. The Morgan fingerprint density at radius 3 is 2.88 bits per heavy atom. The summed E-state index contributed by atoms with van der Waals surface area (Å²) in [6.45, 7) is 4.14. The summed E-state index contributed by atoms with van der Waals surface area (Å²) in [5, 5.41) is 1.01. The smallest absolute Gasteiger partial charge is 0.358 e. The summed E-state index contributed by atoms with van der Waals surface area (Å²) in [7, 11) is 1.35. The Morgan fingerprint density at radius 1 is 1.50 bits per heavy atom. The number of carbonyl (C=O) groups excluding carboxylic acids is 1. The maximum absolute atomic E-state index is 11.5. The largest absolute Gasteiger partial charge is 0.464 e. The monoisotopic (exact) mass is 236 g/mol. The van der Waals surface area contributed by atoms with E-state index >= 15 is 0 Å². The standard InChI is InChI=1S/C11H12N2O2S/c1-6(2)10-13-8-7(16-10)4-5-12-9(8)11(14)15-3/h4-6H,1-3H3. The van der Waals surface area contributed by atoms with Gasteiger partial charge >= 0.3 is 5.97 Å². The fourth-order valence-electron chi connectivity index (χ4n) is 1.37. The third-order valence-corrected chi connectivity index (χ3v) is 3.52. The third kappa shape index (κ3) is 1.78. The van der Waals surface area contributed by atoms with Crippen LogP contribution in [0.15, 0.2) is 12.3 Å². The van der Waals surface area contributed by atoms with Gasteiger partial charge in [0.1, 0.15) is 5.52 Å². The normalized spacial score (nSPS) is 11.0. The first kappa shape index (κ1) is 11.0. The number of ether oxygens (including phenoxy) is 1. The fourth-order valence-corrected chi connectivity index (χ4v) is 2.33. The first-order chi connectivity index (χ1) is 7.63. The highest BCUT2D eigenvalue weighted by Gasteiger charge is 2.16. The number of hydrogen-bond donors (Lipinski definition) is 0. The van der Waals surface area contributed by atoms with Crippen LogP contribution in [0, 0.1) is 0 Å². The van der Waals surface area contributed by atoms with Crippen LogP contribution in [-0.2, 0) is 4.74 Å². The number of nitrogens with zero attached hydrogens (tertiary/aromatic N) is 2. The van der Waals surface area contributed by atoms with Crippen molar-refractivity contribution in [3.8, 4) is 0 Å². The fraction of sp³-hybridized carbons (Fsp3) is 0.364. The van der Waals surface area contributed by atoms with Gasteiger partial charge < -0.3 is 4.74 Å². The SMILES string of the molecule is COC(=O)c1nccc2sc(C(C)C)nc12. The van der Waals surface area contributed by atoms with Crippen molar-refractivity contribution in [1.29, 1.82) is 0 Å². The van der Waals surface area contributed by atoms with E-state index in [0.29, 0.717) is 17.1 Å². The maximum Gasteiger partial charge on any atom is 0.358 e. The van der Waals surface area contributed by atoms with Crippen molar-refractivity contribution in [3.05, 3.63) is 23.0 Å². The van der Waals surface area contributed by atoms with E-state index in [0.717, 1.165) is 9.71 Å². The molecule has 0 unspecified atom stereocenters. The summed E-state index contributed by atoms with van der Waals surface area (Å²) >= 11 is 1.59. The Morgan fingerprint density at radius 2 is 2.25 bits per heavy atom. The lowest BCUT2D eigenvalue weighted by atomic mass is 10.2. The summed E-state index contributed by atoms with van der Waals surface area (Å²) in [4.78, 5) is 19.9. The van der Waals surface area contributed by atoms with E-state index in [9.17, 15) is 4.79 Å². The number of hydrogen-bond acceptors (Lipinski definition) is 5. The highest BCUT2D eigenvalue weighted by atomic mass is 32.1. The zero-order chi connectivity index (χ0) is 11.7. The van der Waals surface area contributed by atoms with Gasteiger partial charge in [-0.1, -0.05) is 13.8 Å². The molecule has 2 aromatic rings. The van der Waals surface area contributed by atoms with E-state index in [4.69, 9.17) is 0 Å². The summed E-state index contributed by atoms with van der Waals surface area (Å²) in [5.74, 6) is -0.0888. The van der Waals surface area contributed by atoms with Crippen LogP contribution < -0.4 is 0 Å². The van der Waals surface area contributed by atoms with Gasteiger partial charge in [-0.15, -0.1) is 11.3 Å². The minimum atomic E-state index is -0.439. The molecule has 2 rings (SSSR count). The molecule has 5 heteroatoms. The lowest BCUT2D eigenvalue weighted by Gasteiger charge is -1.98. The molecule has 0 amide bonds. The van der Waals surface area contributed by atoms with Crippen LogP contribution in [0.5, 0.6) is 0 Å². The molecule has 0 aliphatic rings. The van der Waals surface area contributed by atoms with Gasteiger partial charge in [-0.3, -0.25) is 0 Å². The number of pyridine rings is 1. The molecule has 0 aliphatic carbocycles. The second-order valence-corrected chi connectivity index (χ2v) is 4.77. The number of methoxy groups -OCH3 is 1. The molecular weight excluding hydrogens is 224 g/mol. The lowest BCUT2D eigenvalue weighted by Crippen LogP contribution is -2.04. The van der Waals surface area contributed by atoms with E-state index in [1.165, 1.54) is 7.11 Å². The molecule has 0 aromatic carbocycles. The molecule has 2 aromatic heterocycles. The number of carbonyl (C=O) groups is 1. The molecule has 16 heavy (non-hydrogen) atoms. The number of esters is 1. The van der Waals surface area contributed by atoms with E-state index in [-0.39, 0.29) is 0 Å². The molecule has 0 radical (unpaired) electrons. The van der Waals surface area contributed by atoms with Crippen molar-refractivity contribution in [3.63, 3.8) is 0 Å². The first-order valence-corrected chi connectivity index (χ1v) is 5.79. The van der Waals surface area contributed by atoms with Crippen molar-refractivity contribution in [2.45, 2.75) is 19.8 Å². The molecule has 4 nitrogen and oxygen atoms in total. The topological polar surface area (TPSA) is 52.1 Å². The highest BCUT2D eigenvalue weighted by Crippen LogP contribution is 2.28. The van der Waals surface area contributed by atoms with Gasteiger partial charge in [0.15, 0.2) is 5.69 Å². The van der Waals surface area contributed by atoms with E-state index in [1.54, 1.807) is 17.5 Å². The number of thiazole rings is 1. The van der Waals surface area contributed by atoms with Crippen LogP contribution in [0.2, 0.25) is 0 Å². The van der Waals surface area contributed by atoms with Crippen molar-refractivity contribution in [1.82, 2.24) is 9.97 Å². The lowest BCUT2D eigenvalue weighted by molar-refractivity contribution is 0.0596. The van der Waals surface area contributed by atoms with Crippen molar-refractivity contribution < 1.29 is 9.53 Å². The van der Waals surface area contributed by atoms with Gasteiger partial charge in [0, 0.05) is 12.1 Å². The number of fused-ring (bicyclic) bond motifs is 1. The average molecular weight is 236 g/mol. The Kier molecular flexibility index (Phi) is 2.87. The second-order valence-electron chi connectivity index (χ2n) is 3.70. The van der Waals surface area contributed by atoms with Crippen LogP contribution >= 0.6 is 11.3 Å². The van der Waals surface area contributed by atoms with Gasteiger partial charge in [0.2, 0.25) is 0 Å². The highest BCUT2D eigenvalue weighted by molar-refractivity contribution is 7.18. The van der Waals surface area contributed by atoms with Crippen LogP contribution in [0.25, 0.3) is 10.2 Å². The molecule has 0 spiro atoms. The summed E-state index contributed by atoms with van der Waals surface area (Å²) in [6, 6.07) is 1.87. The predicted octanol–water partition coefficient (Wildman–Crippen LogP) is 2.60. The maximum atomic E-state index is 11.5. The van der Waals surface area contributed by atoms with E-state index in [1.807, 2.05) is 6.07 Å². The van der Waals surface area contributed by atoms with Crippen LogP contribution in [-0.4, -0.2) is 23.0 Å².